The van der Waals surface area contributed by atoms with Crippen LogP contribution >= 0.6 is 0 Å². The van der Waals surface area contributed by atoms with Gasteiger partial charge >= 0.3 is 6.36 Å². The first-order valence-corrected chi connectivity index (χ1v) is 12.9. The van der Waals surface area contributed by atoms with Crippen LogP contribution in [0.25, 0.3) is 11.0 Å². The van der Waals surface area contributed by atoms with Gasteiger partial charge < -0.3 is 25.1 Å². The predicted molar refractivity (Wildman–Crippen MR) is 131 cm³/mol. The zero-order valence-electron chi connectivity index (χ0n) is 20.6. The number of aromatic amines is 1. The summed E-state index contributed by atoms with van der Waals surface area (Å²) in [6.45, 7) is 2.17. The van der Waals surface area contributed by atoms with E-state index in [0.29, 0.717) is 55.6 Å². The van der Waals surface area contributed by atoms with Crippen molar-refractivity contribution in [1.29, 1.82) is 0 Å². The average Bonchev–Trinajstić information content (AvgIpc) is 3.27. The highest BCUT2D eigenvalue weighted by molar-refractivity contribution is 5.99. The van der Waals surface area contributed by atoms with Crippen molar-refractivity contribution < 1.29 is 31.8 Å². The van der Waals surface area contributed by atoms with Crippen LogP contribution in [0.3, 0.4) is 0 Å². The zero-order valence-corrected chi connectivity index (χ0v) is 20.6. The van der Waals surface area contributed by atoms with Crippen molar-refractivity contribution in [2.24, 2.45) is 5.92 Å². The summed E-state index contributed by atoms with van der Waals surface area (Å²) < 4.78 is 62.5. The van der Waals surface area contributed by atoms with Gasteiger partial charge in [0.05, 0.1) is 11.8 Å². The van der Waals surface area contributed by atoms with Crippen LogP contribution in [0.1, 0.15) is 64.7 Å². The molecule has 1 amide bonds. The molecular formula is C27H28F4N4O3. The molecule has 3 aromatic rings. The summed E-state index contributed by atoms with van der Waals surface area (Å²) >= 11 is 0. The van der Waals surface area contributed by atoms with Crippen LogP contribution in [0.2, 0.25) is 0 Å². The molecule has 0 radical (unpaired) electrons. The van der Waals surface area contributed by atoms with E-state index >= 15 is 4.39 Å². The monoisotopic (exact) mass is 532 g/mol. The van der Waals surface area contributed by atoms with Crippen LogP contribution in [0.4, 0.5) is 23.2 Å². The van der Waals surface area contributed by atoms with Gasteiger partial charge in [-0.2, -0.15) is 0 Å². The van der Waals surface area contributed by atoms with Crippen molar-refractivity contribution in [1.82, 2.24) is 14.9 Å². The number of hydrogen-bond acceptors (Lipinski definition) is 5. The largest absolute Gasteiger partial charge is 0.573 e. The summed E-state index contributed by atoms with van der Waals surface area (Å²) in [5, 5.41) is 0.894. The number of carbonyl (C=O) groups excluding carboxylic acids is 1. The number of likely N-dealkylation sites (tertiary alicyclic amines) is 1. The van der Waals surface area contributed by atoms with Gasteiger partial charge in [0, 0.05) is 54.7 Å². The molecule has 0 spiro atoms. The predicted octanol–water partition coefficient (Wildman–Crippen LogP) is 5.27. The van der Waals surface area contributed by atoms with Crippen molar-refractivity contribution in [2.45, 2.75) is 50.3 Å². The summed E-state index contributed by atoms with van der Waals surface area (Å²) in [5.41, 5.74) is 9.62. The number of halogens is 4. The molecule has 3 N–H and O–H groups in total. The lowest BCUT2D eigenvalue weighted by molar-refractivity contribution is -0.274. The number of carbonyl (C=O) groups is 1. The number of piperidine rings is 1. The second-order valence-corrected chi connectivity index (χ2v) is 10.4. The number of aromatic nitrogens is 2. The number of aryl methyl sites for hydroxylation is 1. The molecular weight excluding hydrogens is 504 g/mol. The van der Waals surface area contributed by atoms with Gasteiger partial charge in [0.2, 0.25) is 0 Å². The Bertz CT molecular complexity index is 1380. The maximum absolute atomic E-state index is 15.4. The van der Waals surface area contributed by atoms with Gasteiger partial charge in [-0.3, -0.25) is 4.79 Å². The van der Waals surface area contributed by atoms with E-state index in [1.165, 1.54) is 17.8 Å². The number of fused-ring (bicyclic) bond motifs is 5. The zero-order chi connectivity index (χ0) is 26.6. The minimum Gasteiger partial charge on any atom is -0.406 e. The minimum atomic E-state index is -4.85. The molecule has 202 valence electrons. The van der Waals surface area contributed by atoms with Gasteiger partial charge in [0.15, 0.2) is 0 Å². The number of nitrogen functional groups attached to an aromatic ring is 1. The van der Waals surface area contributed by atoms with Crippen LogP contribution in [-0.4, -0.2) is 53.4 Å². The van der Waals surface area contributed by atoms with E-state index in [2.05, 4.69) is 14.7 Å². The van der Waals surface area contributed by atoms with Crippen LogP contribution < -0.4 is 10.5 Å². The fraction of sp³-hybridized carbons (Fsp3) is 0.481. The number of nitrogens with zero attached hydrogens (tertiary/aromatic N) is 2. The molecule has 0 unspecified atom stereocenters. The van der Waals surface area contributed by atoms with Crippen molar-refractivity contribution in [3.05, 3.63) is 52.6 Å². The molecule has 7 nitrogen and oxygen atoms in total. The minimum absolute atomic E-state index is 0.0919. The highest BCUT2D eigenvalue weighted by Gasteiger charge is 2.38. The number of benzene rings is 1. The lowest BCUT2D eigenvalue weighted by Crippen LogP contribution is -2.38. The quantitative estimate of drug-likeness (QED) is 0.354. The Balaban J connectivity index is 1.23. The Kier molecular flexibility index (Phi) is 6.20. The average molecular weight is 533 g/mol. The molecule has 2 fully saturated rings. The van der Waals surface area contributed by atoms with Gasteiger partial charge in [-0.05, 0) is 67.6 Å². The molecule has 3 aliphatic rings. The number of ether oxygens (including phenoxy) is 2. The van der Waals surface area contributed by atoms with E-state index in [-0.39, 0.29) is 28.9 Å². The first-order chi connectivity index (χ1) is 18.2. The molecule has 1 aromatic carbocycles. The lowest BCUT2D eigenvalue weighted by atomic mass is 9.73. The number of nitrogens with two attached hydrogens (primary N) is 1. The van der Waals surface area contributed by atoms with Gasteiger partial charge in [-0.15, -0.1) is 13.2 Å². The molecule has 1 aliphatic carbocycles. The first-order valence-electron chi connectivity index (χ1n) is 12.9. The fourth-order valence-corrected chi connectivity index (χ4v) is 6.50. The highest BCUT2D eigenvalue weighted by Crippen LogP contribution is 2.47. The maximum Gasteiger partial charge on any atom is 0.573 e. The molecule has 6 rings (SSSR count). The van der Waals surface area contributed by atoms with Crippen LogP contribution in [0, 0.1) is 11.7 Å². The fourth-order valence-electron chi connectivity index (χ4n) is 6.50. The molecule has 2 aliphatic heterocycles. The topological polar surface area (TPSA) is 93.5 Å². The van der Waals surface area contributed by atoms with E-state index in [0.717, 1.165) is 49.1 Å². The molecule has 2 saturated heterocycles. The normalized spacial score (nSPS) is 22.3. The van der Waals surface area contributed by atoms with E-state index in [1.54, 1.807) is 4.90 Å². The molecule has 38 heavy (non-hydrogen) atoms. The Hall–Kier alpha value is -3.34. The first kappa shape index (κ1) is 25.0. The number of alkyl halides is 3. The smallest absolute Gasteiger partial charge is 0.406 e. The second kappa shape index (κ2) is 9.44. The van der Waals surface area contributed by atoms with E-state index < -0.39 is 12.1 Å². The highest BCUT2D eigenvalue weighted by atomic mass is 19.4. The molecule has 0 bridgehead atoms. The summed E-state index contributed by atoms with van der Waals surface area (Å²) in [7, 11) is 0. The van der Waals surface area contributed by atoms with Crippen LogP contribution in [0.5, 0.6) is 5.75 Å². The summed E-state index contributed by atoms with van der Waals surface area (Å²) in [5.74, 6) is -0.540. The Labute approximate surface area is 216 Å². The van der Waals surface area contributed by atoms with E-state index in [9.17, 15) is 18.0 Å². The number of anilines is 1. The Morgan fingerprint density at radius 1 is 1.16 bits per heavy atom. The SMILES string of the molecule is Nc1cc(OC(F)(F)F)ccc1C(=O)N1CCC(c2c(F)cnc3[nH]c4c(c23)[C@@H]2CCOC[C@@H]2CC4)CC1. The van der Waals surface area contributed by atoms with Crippen LogP contribution in [-0.2, 0) is 11.2 Å². The number of rotatable bonds is 3. The third-order valence-corrected chi connectivity index (χ3v) is 8.22. The number of H-pyrrole nitrogens is 1. The third kappa shape index (κ3) is 4.46. The molecule has 11 heteroatoms. The molecule has 4 heterocycles. The second-order valence-electron chi connectivity index (χ2n) is 10.4. The van der Waals surface area contributed by atoms with Crippen molar-refractivity contribution in [3.8, 4) is 5.75 Å². The van der Waals surface area contributed by atoms with Gasteiger partial charge in [-0.1, -0.05) is 0 Å². The van der Waals surface area contributed by atoms with Gasteiger partial charge in [-0.25, -0.2) is 9.37 Å². The number of nitrogens with one attached hydrogen (secondary N) is 1. The Morgan fingerprint density at radius 3 is 2.68 bits per heavy atom. The number of pyridine rings is 1. The van der Waals surface area contributed by atoms with Gasteiger partial charge in [0.25, 0.3) is 5.91 Å². The number of hydrogen-bond donors (Lipinski definition) is 2. The van der Waals surface area contributed by atoms with Crippen molar-refractivity contribution >= 4 is 22.6 Å². The lowest BCUT2D eigenvalue weighted by Gasteiger charge is -2.36. The van der Waals surface area contributed by atoms with Gasteiger partial charge in [0.1, 0.15) is 17.2 Å². The summed E-state index contributed by atoms with van der Waals surface area (Å²) in [6.07, 6.45) is 0.361. The molecule has 2 atom stereocenters. The standard InChI is InChI=1S/C27H28F4N4O3/c28-19-12-33-25-24(23-17-7-10-37-13-15(17)1-4-21(23)34-25)22(19)14-5-8-35(9-6-14)26(36)18-3-2-16(11-20(18)32)38-27(29,30)31/h2-3,11-12,14-15,17H,1,4-10,13,32H2,(H,33,34)/t15-,17+/m0/s1. The summed E-state index contributed by atoms with van der Waals surface area (Å²) in [6, 6.07) is 3.31. The summed E-state index contributed by atoms with van der Waals surface area (Å²) in [4.78, 5) is 22.6. The van der Waals surface area contributed by atoms with Crippen molar-refractivity contribution in [3.63, 3.8) is 0 Å². The maximum atomic E-state index is 15.4. The Morgan fingerprint density at radius 2 is 1.95 bits per heavy atom. The molecule has 0 saturated carbocycles. The molecule has 2 aromatic heterocycles. The van der Waals surface area contributed by atoms with E-state index in [1.807, 2.05) is 0 Å². The van der Waals surface area contributed by atoms with E-state index in [4.69, 9.17) is 10.5 Å². The van der Waals surface area contributed by atoms with Crippen LogP contribution in [0.15, 0.2) is 24.4 Å². The third-order valence-electron chi connectivity index (χ3n) is 8.22. The number of amides is 1. The van der Waals surface area contributed by atoms with Crippen molar-refractivity contribution in [2.75, 3.05) is 32.0 Å².